The molecule has 0 aromatic heterocycles. The molecule has 1 aliphatic heterocycles. The van der Waals surface area contributed by atoms with Gasteiger partial charge in [0.25, 0.3) is 0 Å². The Labute approximate surface area is 181 Å². The number of ketones is 1. The quantitative estimate of drug-likeness (QED) is 0.628. The SMILES string of the molecule is CC(=O)c1ccc(S(=O)(=O)N(C)CC(=O)NCc2ccc(N3CCCC3=O)cc2)cc1. The zero-order valence-electron chi connectivity index (χ0n) is 17.5. The van der Waals surface area contributed by atoms with Crippen LogP contribution in [0, 0.1) is 0 Å². The molecule has 0 bridgehead atoms. The summed E-state index contributed by atoms with van der Waals surface area (Å²) in [6.07, 6.45) is 1.42. The number of anilines is 1. The summed E-state index contributed by atoms with van der Waals surface area (Å²) < 4.78 is 26.2. The van der Waals surface area contributed by atoms with E-state index >= 15 is 0 Å². The normalized spacial score (nSPS) is 14.2. The number of Topliss-reactive ketones (excluding diaryl/α,β-unsaturated/α-hetero) is 1. The fourth-order valence-electron chi connectivity index (χ4n) is 3.30. The van der Waals surface area contributed by atoms with Crippen molar-refractivity contribution in [3.63, 3.8) is 0 Å². The number of rotatable bonds is 8. The molecule has 164 valence electrons. The summed E-state index contributed by atoms with van der Waals surface area (Å²) in [5, 5.41) is 2.70. The van der Waals surface area contributed by atoms with Gasteiger partial charge in [-0.05, 0) is 43.2 Å². The van der Waals surface area contributed by atoms with Gasteiger partial charge in [-0.2, -0.15) is 4.31 Å². The number of nitrogens with one attached hydrogen (secondary N) is 1. The third-order valence-corrected chi connectivity index (χ3v) is 6.96. The lowest BCUT2D eigenvalue weighted by Gasteiger charge is -2.18. The lowest BCUT2D eigenvalue weighted by Crippen LogP contribution is -2.38. The van der Waals surface area contributed by atoms with E-state index in [1.54, 1.807) is 4.90 Å². The largest absolute Gasteiger partial charge is 0.351 e. The van der Waals surface area contributed by atoms with Crippen molar-refractivity contribution < 1.29 is 22.8 Å². The average Bonchev–Trinajstić information content (AvgIpc) is 3.18. The molecule has 0 atom stereocenters. The van der Waals surface area contributed by atoms with E-state index < -0.39 is 15.9 Å². The first kappa shape index (κ1) is 22.6. The minimum absolute atomic E-state index is 0.0137. The molecule has 2 aromatic rings. The van der Waals surface area contributed by atoms with Gasteiger partial charge in [0.15, 0.2) is 5.78 Å². The first-order chi connectivity index (χ1) is 14.7. The van der Waals surface area contributed by atoms with Crippen molar-refractivity contribution in [2.24, 2.45) is 0 Å². The third kappa shape index (κ3) is 5.36. The van der Waals surface area contributed by atoms with E-state index in [4.69, 9.17) is 0 Å². The Hall–Kier alpha value is -3.04. The first-order valence-corrected chi connectivity index (χ1v) is 11.4. The van der Waals surface area contributed by atoms with E-state index in [0.29, 0.717) is 18.5 Å². The minimum Gasteiger partial charge on any atom is -0.351 e. The minimum atomic E-state index is -3.86. The maximum Gasteiger partial charge on any atom is 0.243 e. The zero-order chi connectivity index (χ0) is 22.6. The second-order valence-corrected chi connectivity index (χ2v) is 9.48. The van der Waals surface area contributed by atoms with Gasteiger partial charge < -0.3 is 10.2 Å². The number of hydrogen-bond acceptors (Lipinski definition) is 5. The van der Waals surface area contributed by atoms with Crippen LogP contribution in [0.3, 0.4) is 0 Å². The number of hydrogen-bond donors (Lipinski definition) is 1. The molecule has 3 rings (SSSR count). The highest BCUT2D eigenvalue weighted by molar-refractivity contribution is 7.89. The second kappa shape index (κ2) is 9.40. The van der Waals surface area contributed by atoms with E-state index in [1.165, 1.54) is 38.2 Å². The van der Waals surface area contributed by atoms with Crippen LogP contribution in [0.25, 0.3) is 0 Å². The molecule has 31 heavy (non-hydrogen) atoms. The summed E-state index contributed by atoms with van der Waals surface area (Å²) in [5.74, 6) is -0.483. The molecular formula is C22H25N3O5S. The number of amides is 2. The van der Waals surface area contributed by atoms with E-state index in [0.717, 1.165) is 22.0 Å². The van der Waals surface area contributed by atoms with E-state index in [-0.39, 0.29) is 29.7 Å². The maximum absolute atomic E-state index is 12.6. The van der Waals surface area contributed by atoms with E-state index in [2.05, 4.69) is 5.32 Å². The van der Waals surface area contributed by atoms with Crippen molar-refractivity contribution in [3.8, 4) is 0 Å². The summed E-state index contributed by atoms with van der Waals surface area (Å²) in [4.78, 5) is 37.2. The van der Waals surface area contributed by atoms with Gasteiger partial charge in [0.05, 0.1) is 11.4 Å². The standard InChI is InChI=1S/C22H25N3O5S/c1-16(26)18-7-11-20(12-8-18)31(29,30)24(2)15-21(27)23-14-17-5-9-19(10-6-17)25-13-3-4-22(25)28/h5-12H,3-4,13-15H2,1-2H3,(H,23,27). The second-order valence-electron chi connectivity index (χ2n) is 7.43. The molecule has 2 aromatic carbocycles. The molecule has 1 heterocycles. The monoisotopic (exact) mass is 443 g/mol. The van der Waals surface area contributed by atoms with Crippen LogP contribution in [0.15, 0.2) is 53.4 Å². The zero-order valence-corrected chi connectivity index (χ0v) is 18.3. The number of sulfonamides is 1. The number of carbonyl (C=O) groups excluding carboxylic acids is 3. The molecule has 0 radical (unpaired) electrons. The van der Waals surface area contributed by atoms with Gasteiger partial charge in [0, 0.05) is 37.8 Å². The molecular weight excluding hydrogens is 418 g/mol. The highest BCUT2D eigenvalue weighted by Gasteiger charge is 2.23. The Morgan fingerprint density at radius 1 is 1.06 bits per heavy atom. The van der Waals surface area contributed by atoms with Gasteiger partial charge in [0.1, 0.15) is 0 Å². The summed E-state index contributed by atoms with van der Waals surface area (Å²) in [7, 11) is -2.53. The summed E-state index contributed by atoms with van der Waals surface area (Å²) in [5.41, 5.74) is 2.09. The van der Waals surface area contributed by atoms with Crippen molar-refractivity contribution in [3.05, 3.63) is 59.7 Å². The molecule has 1 fully saturated rings. The van der Waals surface area contributed by atoms with Crippen molar-refractivity contribution in [1.29, 1.82) is 0 Å². The van der Waals surface area contributed by atoms with Crippen molar-refractivity contribution in [2.75, 3.05) is 25.0 Å². The Morgan fingerprint density at radius 3 is 2.26 bits per heavy atom. The predicted octanol–water partition coefficient (Wildman–Crippen LogP) is 1.95. The van der Waals surface area contributed by atoms with Crippen LogP contribution in [0.1, 0.15) is 35.7 Å². The molecule has 0 unspecified atom stereocenters. The first-order valence-electron chi connectivity index (χ1n) is 9.92. The molecule has 1 saturated heterocycles. The number of likely N-dealkylation sites (N-methyl/N-ethyl adjacent to an activating group) is 1. The third-order valence-electron chi connectivity index (χ3n) is 5.15. The Kier molecular flexibility index (Phi) is 6.87. The number of benzene rings is 2. The van der Waals surface area contributed by atoms with Crippen molar-refractivity contribution in [2.45, 2.75) is 31.2 Å². The number of carbonyl (C=O) groups is 3. The lowest BCUT2D eigenvalue weighted by molar-refractivity contribution is -0.121. The average molecular weight is 444 g/mol. The highest BCUT2D eigenvalue weighted by Crippen LogP contribution is 2.21. The van der Waals surface area contributed by atoms with Crippen LogP contribution in [0.5, 0.6) is 0 Å². The van der Waals surface area contributed by atoms with Gasteiger partial charge in [-0.3, -0.25) is 14.4 Å². The predicted molar refractivity (Wildman–Crippen MR) is 116 cm³/mol. The summed E-state index contributed by atoms with van der Waals surface area (Å²) in [6.45, 7) is 2.03. The Bertz CT molecular complexity index is 1080. The Morgan fingerprint density at radius 2 is 1.71 bits per heavy atom. The Balaban J connectivity index is 1.55. The molecule has 2 amide bonds. The van der Waals surface area contributed by atoms with E-state index in [9.17, 15) is 22.8 Å². The molecule has 0 aliphatic carbocycles. The maximum atomic E-state index is 12.6. The van der Waals surface area contributed by atoms with Gasteiger partial charge in [-0.15, -0.1) is 0 Å². The summed E-state index contributed by atoms with van der Waals surface area (Å²) >= 11 is 0. The fraction of sp³-hybridized carbons (Fsp3) is 0.318. The van der Waals surface area contributed by atoms with Crippen LogP contribution in [-0.4, -0.2) is 50.5 Å². The van der Waals surface area contributed by atoms with Gasteiger partial charge in [-0.1, -0.05) is 24.3 Å². The van der Waals surface area contributed by atoms with Crippen molar-refractivity contribution in [1.82, 2.24) is 9.62 Å². The van der Waals surface area contributed by atoms with Crippen LogP contribution in [0.4, 0.5) is 5.69 Å². The van der Waals surface area contributed by atoms with E-state index in [1.807, 2.05) is 24.3 Å². The van der Waals surface area contributed by atoms with Gasteiger partial charge in [-0.25, -0.2) is 8.42 Å². The fourth-order valence-corrected chi connectivity index (χ4v) is 4.43. The molecule has 0 saturated carbocycles. The molecule has 1 aliphatic rings. The molecule has 0 spiro atoms. The molecule has 9 heteroatoms. The molecule has 1 N–H and O–H groups in total. The lowest BCUT2D eigenvalue weighted by atomic mass is 10.2. The topological polar surface area (TPSA) is 104 Å². The molecule has 8 nitrogen and oxygen atoms in total. The van der Waals surface area contributed by atoms with Crippen LogP contribution in [0.2, 0.25) is 0 Å². The van der Waals surface area contributed by atoms with Crippen molar-refractivity contribution >= 4 is 33.3 Å². The highest BCUT2D eigenvalue weighted by atomic mass is 32.2. The van der Waals surface area contributed by atoms with Crippen LogP contribution < -0.4 is 10.2 Å². The van der Waals surface area contributed by atoms with Crippen LogP contribution >= 0.6 is 0 Å². The summed E-state index contributed by atoms with van der Waals surface area (Å²) in [6, 6.07) is 12.9. The van der Waals surface area contributed by atoms with Gasteiger partial charge >= 0.3 is 0 Å². The number of nitrogens with zero attached hydrogens (tertiary/aromatic N) is 2. The smallest absolute Gasteiger partial charge is 0.243 e. The van der Waals surface area contributed by atoms with Crippen LogP contribution in [-0.2, 0) is 26.2 Å². The van der Waals surface area contributed by atoms with Gasteiger partial charge in [0.2, 0.25) is 21.8 Å².